The number of benzene rings is 3. The molecule has 0 fully saturated rings. The van der Waals surface area contributed by atoms with Crippen molar-refractivity contribution in [2.75, 3.05) is 5.32 Å². The van der Waals surface area contributed by atoms with Gasteiger partial charge in [-0.3, -0.25) is 0 Å². The Bertz CT molecular complexity index is 823. The van der Waals surface area contributed by atoms with Gasteiger partial charge in [-0.25, -0.2) is 0 Å². The molecule has 0 spiro atoms. The zero-order chi connectivity index (χ0) is 14.2. The van der Waals surface area contributed by atoms with E-state index in [1.54, 1.807) is 0 Å². The van der Waals surface area contributed by atoms with E-state index in [-0.39, 0.29) is 0 Å². The third kappa shape index (κ3) is 2.30. The summed E-state index contributed by atoms with van der Waals surface area (Å²) < 4.78 is 0. The third-order valence-electron chi connectivity index (χ3n) is 3.85. The van der Waals surface area contributed by atoms with Crippen molar-refractivity contribution in [3.63, 3.8) is 0 Å². The lowest BCUT2D eigenvalue weighted by atomic mass is 10.1. The summed E-state index contributed by atoms with van der Waals surface area (Å²) in [6, 6.07) is 23.7. The second-order valence-electron chi connectivity index (χ2n) is 5.26. The quantitative estimate of drug-likeness (QED) is 0.517. The fourth-order valence-electron chi connectivity index (χ4n) is 2.90. The first-order valence-corrected chi connectivity index (χ1v) is 7.33. The predicted molar refractivity (Wildman–Crippen MR) is 88.3 cm³/mol. The highest BCUT2D eigenvalue weighted by Crippen LogP contribution is 2.38. The van der Waals surface area contributed by atoms with Crippen LogP contribution >= 0.6 is 11.6 Å². The molecule has 0 aliphatic heterocycles. The van der Waals surface area contributed by atoms with Gasteiger partial charge in [-0.15, -0.1) is 0 Å². The molecular formula is C19H13ClN. The van der Waals surface area contributed by atoms with Crippen molar-refractivity contribution in [3.05, 3.63) is 82.9 Å². The standard InChI is InChI=1S/C19H13ClN/c20-15-5-3-6-16(12-15)21-17-8-9-19-14(11-17)10-13-4-1-2-7-18(13)19/h1-4,6-9,11-12,21H,10H2. The van der Waals surface area contributed by atoms with Gasteiger partial charge in [0.05, 0.1) is 5.02 Å². The molecule has 1 aliphatic carbocycles. The molecule has 0 bridgehead atoms. The largest absolute Gasteiger partial charge is 0.355 e. The van der Waals surface area contributed by atoms with Gasteiger partial charge in [0.2, 0.25) is 0 Å². The number of fused-ring (bicyclic) bond motifs is 3. The Balaban J connectivity index is 1.67. The van der Waals surface area contributed by atoms with E-state index in [9.17, 15) is 0 Å². The second-order valence-corrected chi connectivity index (χ2v) is 5.66. The zero-order valence-electron chi connectivity index (χ0n) is 11.4. The summed E-state index contributed by atoms with van der Waals surface area (Å²) in [5.41, 5.74) is 7.54. The Morgan fingerprint density at radius 2 is 1.67 bits per heavy atom. The number of hydrogen-bond donors (Lipinski definition) is 1. The van der Waals surface area contributed by atoms with Crippen molar-refractivity contribution in [1.29, 1.82) is 0 Å². The number of rotatable bonds is 2. The van der Waals surface area contributed by atoms with Gasteiger partial charge in [-0.1, -0.05) is 48.0 Å². The second kappa shape index (κ2) is 4.94. The van der Waals surface area contributed by atoms with Crippen molar-refractivity contribution < 1.29 is 0 Å². The Labute approximate surface area is 129 Å². The van der Waals surface area contributed by atoms with Crippen molar-refractivity contribution in [1.82, 2.24) is 0 Å². The predicted octanol–water partition coefficient (Wildman–Crippen LogP) is 5.45. The monoisotopic (exact) mass is 290 g/mol. The number of nitrogens with one attached hydrogen (secondary N) is 1. The van der Waals surface area contributed by atoms with Gasteiger partial charge in [0.1, 0.15) is 0 Å². The van der Waals surface area contributed by atoms with Gasteiger partial charge in [-0.05, 0) is 52.9 Å². The minimum absolute atomic E-state index is 0.619. The molecule has 0 saturated heterocycles. The van der Waals surface area contributed by atoms with Crippen LogP contribution in [0.5, 0.6) is 0 Å². The minimum atomic E-state index is 0.619. The summed E-state index contributed by atoms with van der Waals surface area (Å²) in [5, 5.41) is 4.02. The van der Waals surface area contributed by atoms with Gasteiger partial charge in [0.15, 0.2) is 0 Å². The van der Waals surface area contributed by atoms with E-state index in [1.807, 2.05) is 18.2 Å². The van der Waals surface area contributed by atoms with Crippen LogP contribution in [-0.2, 0) is 6.42 Å². The molecule has 3 aromatic carbocycles. The van der Waals surface area contributed by atoms with E-state index in [4.69, 9.17) is 11.6 Å². The van der Waals surface area contributed by atoms with E-state index in [1.165, 1.54) is 22.3 Å². The highest BCUT2D eigenvalue weighted by atomic mass is 35.5. The average molecular weight is 291 g/mol. The number of halogens is 1. The maximum absolute atomic E-state index is 5.97. The Morgan fingerprint density at radius 3 is 2.57 bits per heavy atom. The van der Waals surface area contributed by atoms with Crippen LogP contribution in [0.25, 0.3) is 11.1 Å². The van der Waals surface area contributed by atoms with E-state index in [0.717, 1.165) is 17.8 Å². The van der Waals surface area contributed by atoms with E-state index >= 15 is 0 Å². The summed E-state index contributed by atoms with van der Waals surface area (Å²) >= 11 is 5.97. The van der Waals surface area contributed by atoms with Gasteiger partial charge in [0.25, 0.3) is 0 Å². The van der Waals surface area contributed by atoms with E-state index < -0.39 is 0 Å². The molecule has 1 nitrogen and oxygen atoms in total. The number of anilines is 2. The SMILES string of the molecule is Clc1[c]ccc(Nc2ccc3c(c2)Cc2ccccc2-3)c1. The molecule has 1 aliphatic rings. The molecule has 0 heterocycles. The first kappa shape index (κ1) is 12.5. The smallest absolute Gasteiger partial charge is 0.0505 e. The molecule has 0 aromatic heterocycles. The fraction of sp³-hybridized carbons (Fsp3) is 0.0526. The molecule has 0 amide bonds. The van der Waals surface area contributed by atoms with Crippen LogP contribution in [0, 0.1) is 6.07 Å². The van der Waals surface area contributed by atoms with E-state index in [0.29, 0.717) is 5.02 Å². The summed E-state index contributed by atoms with van der Waals surface area (Å²) in [6.07, 6.45) is 1.00. The van der Waals surface area contributed by atoms with Gasteiger partial charge in [-0.2, -0.15) is 0 Å². The number of hydrogen-bond acceptors (Lipinski definition) is 1. The maximum Gasteiger partial charge on any atom is 0.0505 e. The maximum atomic E-state index is 5.97. The lowest BCUT2D eigenvalue weighted by Crippen LogP contribution is -1.91. The molecule has 101 valence electrons. The minimum Gasteiger partial charge on any atom is -0.355 e. The first-order chi connectivity index (χ1) is 10.3. The van der Waals surface area contributed by atoms with Crippen LogP contribution in [0.3, 0.4) is 0 Å². The Kier molecular flexibility index (Phi) is 2.94. The van der Waals surface area contributed by atoms with Crippen molar-refractivity contribution in [3.8, 4) is 11.1 Å². The van der Waals surface area contributed by atoms with Gasteiger partial charge >= 0.3 is 0 Å². The molecule has 21 heavy (non-hydrogen) atoms. The van der Waals surface area contributed by atoms with Crippen LogP contribution in [0.15, 0.2) is 60.7 Å². The molecule has 3 aromatic rings. The topological polar surface area (TPSA) is 12.0 Å². The summed E-state index contributed by atoms with van der Waals surface area (Å²) in [4.78, 5) is 0. The summed E-state index contributed by atoms with van der Waals surface area (Å²) in [5.74, 6) is 0. The van der Waals surface area contributed by atoms with Crippen LogP contribution in [-0.4, -0.2) is 0 Å². The Hall–Kier alpha value is -2.25. The van der Waals surface area contributed by atoms with Crippen LogP contribution in [0.4, 0.5) is 11.4 Å². The zero-order valence-corrected chi connectivity index (χ0v) is 12.1. The molecule has 4 rings (SSSR count). The summed E-state index contributed by atoms with van der Waals surface area (Å²) in [7, 11) is 0. The molecule has 2 heteroatoms. The Morgan fingerprint density at radius 1 is 0.857 bits per heavy atom. The fourth-order valence-corrected chi connectivity index (χ4v) is 3.09. The van der Waals surface area contributed by atoms with Gasteiger partial charge < -0.3 is 5.32 Å². The summed E-state index contributed by atoms with van der Waals surface area (Å²) in [6.45, 7) is 0. The van der Waals surface area contributed by atoms with Crippen molar-refractivity contribution >= 4 is 23.0 Å². The molecular weight excluding hydrogens is 278 g/mol. The lowest BCUT2D eigenvalue weighted by molar-refractivity contribution is 1.26. The molecule has 0 saturated carbocycles. The van der Waals surface area contributed by atoms with Crippen molar-refractivity contribution in [2.45, 2.75) is 6.42 Å². The van der Waals surface area contributed by atoms with Crippen LogP contribution in [0.1, 0.15) is 11.1 Å². The lowest BCUT2D eigenvalue weighted by Gasteiger charge is -2.09. The highest BCUT2D eigenvalue weighted by Gasteiger charge is 2.17. The molecule has 1 N–H and O–H groups in total. The van der Waals surface area contributed by atoms with E-state index in [2.05, 4.69) is 53.8 Å². The van der Waals surface area contributed by atoms with Crippen LogP contribution in [0.2, 0.25) is 5.02 Å². The average Bonchev–Trinajstić information content (AvgIpc) is 2.85. The first-order valence-electron chi connectivity index (χ1n) is 6.95. The highest BCUT2D eigenvalue weighted by molar-refractivity contribution is 6.30. The van der Waals surface area contributed by atoms with Gasteiger partial charge in [0, 0.05) is 17.4 Å². The van der Waals surface area contributed by atoms with Crippen molar-refractivity contribution in [2.24, 2.45) is 0 Å². The third-order valence-corrected chi connectivity index (χ3v) is 4.07. The molecule has 1 radical (unpaired) electrons. The molecule has 0 unspecified atom stereocenters. The normalized spacial score (nSPS) is 11.9. The molecule has 0 atom stereocenters. The van der Waals surface area contributed by atoms with Crippen LogP contribution < -0.4 is 5.32 Å².